The molecule has 0 aromatic carbocycles. The highest BCUT2D eigenvalue weighted by Crippen LogP contribution is 2.35. The SMILES string of the molecule is CN(C)CCC1COC(CCCCCOC(=O)C2CCCCCCCCCCCCCC2)(CCCCCOC(=O)C2CCCCCCCCCCCCCC2)O1. The van der Waals surface area contributed by atoms with Gasteiger partial charge in [0.05, 0.1) is 37.8 Å². The molecule has 2 aliphatic carbocycles. The highest BCUT2D eigenvalue weighted by Gasteiger charge is 2.40. The Morgan fingerprint density at radius 2 is 0.839 bits per heavy atom. The van der Waals surface area contributed by atoms with Crippen molar-refractivity contribution in [1.82, 2.24) is 4.90 Å². The third-order valence-electron chi connectivity index (χ3n) is 13.1. The summed E-state index contributed by atoms with van der Waals surface area (Å²) in [6, 6.07) is 0. The zero-order valence-corrected chi connectivity index (χ0v) is 37.1. The van der Waals surface area contributed by atoms with Gasteiger partial charge in [-0.2, -0.15) is 0 Å². The maximum atomic E-state index is 13.2. The molecule has 0 bridgehead atoms. The van der Waals surface area contributed by atoms with Crippen molar-refractivity contribution in [3.8, 4) is 0 Å². The summed E-state index contributed by atoms with van der Waals surface area (Å²) in [5, 5.41) is 0. The van der Waals surface area contributed by atoms with Crippen LogP contribution in [-0.2, 0) is 28.5 Å². The molecule has 0 aromatic heterocycles. The van der Waals surface area contributed by atoms with Gasteiger partial charge < -0.3 is 23.8 Å². The number of nitrogens with zero attached hydrogens (tertiary/aromatic N) is 1. The van der Waals surface area contributed by atoms with Crippen molar-refractivity contribution in [2.45, 2.75) is 249 Å². The quantitative estimate of drug-likeness (QED) is 0.107. The fraction of sp³-hybridized carbons (Fsp3) is 0.959. The molecule has 7 nitrogen and oxygen atoms in total. The van der Waals surface area contributed by atoms with Crippen LogP contribution in [-0.4, -0.2) is 69.2 Å². The summed E-state index contributed by atoms with van der Waals surface area (Å²) in [5.41, 5.74) is 0. The minimum absolute atomic E-state index is 0.0463. The molecule has 3 rings (SSSR count). The summed E-state index contributed by atoms with van der Waals surface area (Å²) in [4.78, 5) is 28.5. The van der Waals surface area contributed by atoms with E-state index in [0.29, 0.717) is 19.8 Å². The first kappa shape index (κ1) is 49.2. The summed E-state index contributed by atoms with van der Waals surface area (Å²) in [6.07, 6.45) is 44.0. The Morgan fingerprint density at radius 1 is 0.500 bits per heavy atom. The van der Waals surface area contributed by atoms with E-state index in [0.717, 1.165) is 116 Å². The summed E-state index contributed by atoms with van der Waals surface area (Å²) in [5.74, 6) is -0.278. The van der Waals surface area contributed by atoms with Crippen LogP contribution in [0.2, 0.25) is 0 Å². The molecule has 0 aromatic rings. The minimum Gasteiger partial charge on any atom is -0.465 e. The molecule has 1 heterocycles. The summed E-state index contributed by atoms with van der Waals surface area (Å²) in [6.45, 7) is 2.69. The van der Waals surface area contributed by atoms with Crippen LogP contribution in [0.3, 0.4) is 0 Å². The first-order valence-electron chi connectivity index (χ1n) is 24.8. The average molecular weight is 790 g/mol. The highest BCUT2D eigenvalue weighted by atomic mass is 16.7. The zero-order valence-electron chi connectivity index (χ0n) is 37.1. The van der Waals surface area contributed by atoms with Gasteiger partial charge in [-0.3, -0.25) is 9.59 Å². The minimum atomic E-state index is -0.528. The van der Waals surface area contributed by atoms with E-state index in [-0.39, 0.29) is 29.9 Å². The van der Waals surface area contributed by atoms with Crippen LogP contribution in [0.1, 0.15) is 238 Å². The molecule has 3 fully saturated rings. The first-order valence-corrected chi connectivity index (χ1v) is 24.8. The number of hydrogen-bond acceptors (Lipinski definition) is 7. The van der Waals surface area contributed by atoms with Gasteiger partial charge in [-0.25, -0.2) is 0 Å². The number of carbonyl (C=O) groups is 2. The van der Waals surface area contributed by atoms with Gasteiger partial charge in [0.2, 0.25) is 0 Å². The largest absolute Gasteiger partial charge is 0.465 e. The predicted molar refractivity (Wildman–Crippen MR) is 232 cm³/mol. The van der Waals surface area contributed by atoms with Gasteiger partial charge in [0.25, 0.3) is 0 Å². The lowest BCUT2D eigenvalue weighted by Crippen LogP contribution is -2.31. The molecular weight excluding hydrogens is 699 g/mol. The third kappa shape index (κ3) is 24.0. The van der Waals surface area contributed by atoms with E-state index in [2.05, 4.69) is 19.0 Å². The summed E-state index contributed by atoms with van der Waals surface area (Å²) in [7, 11) is 4.22. The Hall–Kier alpha value is -1.18. The van der Waals surface area contributed by atoms with Crippen molar-refractivity contribution in [2.24, 2.45) is 11.8 Å². The van der Waals surface area contributed by atoms with E-state index in [1.807, 2.05) is 0 Å². The third-order valence-corrected chi connectivity index (χ3v) is 13.1. The molecule has 1 aliphatic heterocycles. The molecule has 0 N–H and O–H groups in total. The molecule has 3 aliphatic rings. The molecule has 7 heteroatoms. The molecule has 2 saturated carbocycles. The molecule has 0 radical (unpaired) electrons. The maximum absolute atomic E-state index is 13.2. The summed E-state index contributed by atoms with van der Waals surface area (Å²) < 4.78 is 25.0. The lowest BCUT2D eigenvalue weighted by Gasteiger charge is -2.29. The van der Waals surface area contributed by atoms with Gasteiger partial charge in [-0.15, -0.1) is 0 Å². The number of ether oxygens (including phenoxy) is 4. The van der Waals surface area contributed by atoms with E-state index >= 15 is 0 Å². The Kier molecular flexibility index (Phi) is 28.7. The topological polar surface area (TPSA) is 74.3 Å². The zero-order chi connectivity index (χ0) is 39.8. The van der Waals surface area contributed by atoms with Crippen LogP contribution in [0.5, 0.6) is 0 Å². The molecule has 0 spiro atoms. The van der Waals surface area contributed by atoms with Gasteiger partial charge >= 0.3 is 11.9 Å². The van der Waals surface area contributed by atoms with Crippen LogP contribution in [0.25, 0.3) is 0 Å². The Bertz CT molecular complexity index is 865. The fourth-order valence-electron chi connectivity index (χ4n) is 9.33. The first-order chi connectivity index (χ1) is 27.5. The fourth-order valence-corrected chi connectivity index (χ4v) is 9.33. The van der Waals surface area contributed by atoms with Crippen LogP contribution in [0.4, 0.5) is 0 Å². The van der Waals surface area contributed by atoms with Crippen molar-refractivity contribution < 1.29 is 28.5 Å². The summed E-state index contributed by atoms with van der Waals surface area (Å²) >= 11 is 0. The molecule has 1 atom stereocenters. The Balaban J connectivity index is 1.36. The van der Waals surface area contributed by atoms with Gasteiger partial charge in [-0.1, -0.05) is 154 Å². The predicted octanol–water partition coefficient (Wildman–Crippen LogP) is 13.4. The van der Waals surface area contributed by atoms with E-state index in [4.69, 9.17) is 18.9 Å². The lowest BCUT2D eigenvalue weighted by molar-refractivity contribution is -0.180. The Labute approximate surface area is 346 Å². The molecule has 328 valence electrons. The van der Waals surface area contributed by atoms with Gasteiger partial charge in [0.15, 0.2) is 5.79 Å². The van der Waals surface area contributed by atoms with Crippen LogP contribution in [0, 0.1) is 11.8 Å². The number of carbonyl (C=O) groups excluding carboxylic acids is 2. The van der Waals surface area contributed by atoms with Gasteiger partial charge in [0.1, 0.15) is 0 Å². The maximum Gasteiger partial charge on any atom is 0.308 e. The van der Waals surface area contributed by atoms with Crippen LogP contribution >= 0.6 is 0 Å². The van der Waals surface area contributed by atoms with Crippen molar-refractivity contribution in [3.05, 3.63) is 0 Å². The van der Waals surface area contributed by atoms with E-state index < -0.39 is 5.79 Å². The molecule has 1 unspecified atom stereocenters. The highest BCUT2D eigenvalue weighted by molar-refractivity contribution is 5.72. The van der Waals surface area contributed by atoms with E-state index in [1.54, 1.807) is 0 Å². The molecule has 56 heavy (non-hydrogen) atoms. The van der Waals surface area contributed by atoms with E-state index in [1.165, 1.54) is 128 Å². The van der Waals surface area contributed by atoms with Crippen LogP contribution in [0.15, 0.2) is 0 Å². The van der Waals surface area contributed by atoms with Crippen molar-refractivity contribution in [1.29, 1.82) is 0 Å². The molecular formula is C49H91NO6. The van der Waals surface area contributed by atoms with Crippen LogP contribution < -0.4 is 0 Å². The van der Waals surface area contributed by atoms with E-state index in [9.17, 15) is 9.59 Å². The smallest absolute Gasteiger partial charge is 0.308 e. The molecule has 1 saturated heterocycles. The normalized spacial score (nSPS) is 23.0. The lowest BCUT2D eigenvalue weighted by atomic mass is 9.94. The molecule has 0 amide bonds. The number of rotatable bonds is 17. The second-order valence-corrected chi connectivity index (χ2v) is 18.5. The van der Waals surface area contributed by atoms with Crippen molar-refractivity contribution in [3.63, 3.8) is 0 Å². The second-order valence-electron chi connectivity index (χ2n) is 18.5. The standard InChI is InChI=1S/C49H91NO6/c1-50(2)40-37-46-43-55-49(56-46,38-29-23-31-41-53-47(51)44-33-25-19-15-11-7-3-4-8-12-16-20-26-34-44)39-30-24-32-42-54-48(52)45-35-27-21-17-13-9-5-6-10-14-18-22-28-36-45/h44-46H,3-43H2,1-2H3. The van der Waals surface area contributed by atoms with Crippen molar-refractivity contribution >= 4 is 11.9 Å². The Morgan fingerprint density at radius 3 is 1.18 bits per heavy atom. The number of unbranched alkanes of at least 4 members (excludes halogenated alkanes) is 4. The monoisotopic (exact) mass is 790 g/mol. The average Bonchev–Trinajstić information content (AvgIpc) is 3.59. The van der Waals surface area contributed by atoms with Gasteiger partial charge in [0, 0.05) is 19.4 Å². The number of hydrogen-bond donors (Lipinski definition) is 0. The van der Waals surface area contributed by atoms with Gasteiger partial charge in [-0.05, 0) is 84.7 Å². The second kappa shape index (κ2) is 32.6. The number of esters is 2. The van der Waals surface area contributed by atoms with Crippen molar-refractivity contribution in [2.75, 3.05) is 40.5 Å².